The van der Waals surface area contributed by atoms with Gasteiger partial charge in [0.2, 0.25) is 11.9 Å². The van der Waals surface area contributed by atoms with Crippen LogP contribution in [-0.4, -0.2) is 26.2 Å². The Morgan fingerprint density at radius 2 is 2.16 bits per heavy atom. The monoisotopic (exact) mass is 342 g/mol. The fourth-order valence-corrected chi connectivity index (χ4v) is 2.80. The molecule has 134 valence electrons. The maximum Gasteiger partial charge on any atom is 0.232 e. The summed E-state index contributed by atoms with van der Waals surface area (Å²) in [6.45, 7) is 4.93. The minimum atomic E-state index is -1.11. The van der Waals surface area contributed by atoms with Gasteiger partial charge in [-0.15, -0.1) is 0 Å². The number of hydrogen-bond acceptors (Lipinski definition) is 4. The van der Waals surface area contributed by atoms with Crippen molar-refractivity contribution in [2.24, 2.45) is 5.92 Å². The van der Waals surface area contributed by atoms with Crippen LogP contribution in [0.1, 0.15) is 59.1 Å². The average molecular weight is 342 g/mol. The van der Waals surface area contributed by atoms with E-state index in [1.54, 1.807) is 32.9 Å². The molecule has 1 aliphatic rings. The van der Waals surface area contributed by atoms with Gasteiger partial charge in [0, 0.05) is 6.04 Å². The molecule has 3 rings (SSSR count). The summed E-state index contributed by atoms with van der Waals surface area (Å²) in [5.41, 5.74) is 1.09. The molecule has 1 atom stereocenters. The third kappa shape index (κ3) is 3.52. The third-order valence-corrected chi connectivity index (χ3v) is 4.95. The Balaban J connectivity index is 0.00000225. The van der Waals surface area contributed by atoms with Gasteiger partial charge in [-0.1, -0.05) is 14.4 Å². The molecular weight excluding hydrogens is 316 g/mol. The quantitative estimate of drug-likeness (QED) is 0.888. The number of hydrogen-bond donors (Lipinski definition) is 2. The molecule has 2 aromatic rings. The van der Waals surface area contributed by atoms with Crippen molar-refractivity contribution in [1.82, 2.24) is 9.55 Å². The van der Waals surface area contributed by atoms with Crippen molar-refractivity contribution in [3.63, 3.8) is 0 Å². The summed E-state index contributed by atoms with van der Waals surface area (Å²) in [4.78, 5) is 17.0. The first-order valence-electron chi connectivity index (χ1n) is 8.26. The number of nitrogens with one attached hydrogen (secondary N) is 1. The van der Waals surface area contributed by atoms with Crippen LogP contribution >= 0.6 is 0 Å². The van der Waals surface area contributed by atoms with E-state index in [0.717, 1.165) is 30.3 Å². The highest BCUT2D eigenvalue weighted by atomic mass is 16.3. The van der Waals surface area contributed by atoms with Crippen LogP contribution in [0.2, 0.25) is 0 Å². The van der Waals surface area contributed by atoms with Crippen molar-refractivity contribution < 1.29 is 9.90 Å². The van der Waals surface area contributed by atoms with Crippen LogP contribution in [0.25, 0.3) is 11.0 Å². The topological polar surface area (TPSA) is 90.9 Å². The van der Waals surface area contributed by atoms with Gasteiger partial charge in [-0.2, -0.15) is 5.26 Å². The Morgan fingerprint density at radius 3 is 2.68 bits per heavy atom. The molecule has 1 amide bonds. The van der Waals surface area contributed by atoms with Gasteiger partial charge in [0.25, 0.3) is 0 Å². The summed E-state index contributed by atoms with van der Waals surface area (Å²) < 4.78 is 2.02. The Kier molecular flexibility index (Phi) is 5.19. The number of benzene rings is 1. The van der Waals surface area contributed by atoms with Crippen molar-refractivity contribution in [1.29, 1.82) is 5.26 Å². The van der Waals surface area contributed by atoms with E-state index in [2.05, 4.69) is 16.4 Å². The van der Waals surface area contributed by atoms with E-state index in [1.165, 1.54) is 0 Å². The summed E-state index contributed by atoms with van der Waals surface area (Å²) in [7, 11) is 0. The van der Waals surface area contributed by atoms with Gasteiger partial charge in [-0.3, -0.25) is 10.1 Å². The fourth-order valence-electron chi connectivity index (χ4n) is 2.80. The number of carbonyl (C=O) groups excluding carboxylic acids is 1. The van der Waals surface area contributed by atoms with E-state index < -0.39 is 11.5 Å². The van der Waals surface area contributed by atoms with Crippen LogP contribution in [0.3, 0.4) is 0 Å². The number of nitrogens with zero attached hydrogens (tertiary/aromatic N) is 3. The fraction of sp³-hybridized carbons (Fsp3) is 0.526. The lowest BCUT2D eigenvalue weighted by Gasteiger charge is -2.30. The number of fused-ring (bicyclic) bond motifs is 1. The van der Waals surface area contributed by atoms with Gasteiger partial charge in [0.1, 0.15) is 0 Å². The number of carbonyl (C=O) groups is 1. The van der Waals surface area contributed by atoms with E-state index in [1.807, 2.05) is 10.6 Å². The molecule has 2 N–H and O–H groups in total. The highest BCUT2D eigenvalue weighted by molar-refractivity contribution is 5.93. The van der Waals surface area contributed by atoms with Crippen molar-refractivity contribution >= 4 is 22.9 Å². The first-order chi connectivity index (χ1) is 11.3. The second kappa shape index (κ2) is 6.85. The second-order valence-electron chi connectivity index (χ2n) is 7.07. The Bertz CT molecular complexity index is 822. The molecule has 1 aliphatic carbocycles. The second-order valence-corrected chi connectivity index (χ2v) is 7.07. The van der Waals surface area contributed by atoms with Gasteiger partial charge >= 0.3 is 0 Å². The summed E-state index contributed by atoms with van der Waals surface area (Å²) in [5, 5.41) is 22.1. The number of rotatable bonds is 4. The number of nitriles is 1. The van der Waals surface area contributed by atoms with Crippen LogP contribution in [-0.2, 0) is 4.79 Å². The zero-order chi connectivity index (χ0) is 17.5. The molecule has 25 heavy (non-hydrogen) atoms. The highest BCUT2D eigenvalue weighted by Crippen LogP contribution is 2.37. The van der Waals surface area contributed by atoms with Crippen molar-refractivity contribution in [2.45, 2.75) is 59.1 Å². The van der Waals surface area contributed by atoms with Crippen LogP contribution in [0, 0.1) is 17.2 Å². The lowest BCUT2D eigenvalue weighted by Crippen LogP contribution is -2.38. The molecule has 0 saturated heterocycles. The molecule has 0 unspecified atom stereocenters. The molecule has 0 spiro atoms. The number of amides is 1. The number of imidazole rings is 1. The predicted octanol–water partition coefficient (Wildman–Crippen LogP) is 3.61. The van der Waals surface area contributed by atoms with Crippen LogP contribution < -0.4 is 5.32 Å². The van der Waals surface area contributed by atoms with Crippen LogP contribution in [0.15, 0.2) is 18.2 Å². The van der Waals surface area contributed by atoms with E-state index in [0.29, 0.717) is 11.5 Å². The largest absolute Gasteiger partial charge is 0.390 e. The summed E-state index contributed by atoms with van der Waals surface area (Å²) in [6, 6.07) is 7.78. The molecular formula is C19H26N4O2. The van der Waals surface area contributed by atoms with Crippen molar-refractivity contribution in [3.8, 4) is 6.07 Å². The van der Waals surface area contributed by atoms with Gasteiger partial charge in [-0.25, -0.2) is 4.98 Å². The smallest absolute Gasteiger partial charge is 0.232 e. The molecule has 6 heteroatoms. The maximum atomic E-state index is 12.5. The van der Waals surface area contributed by atoms with Crippen molar-refractivity contribution in [2.75, 3.05) is 5.32 Å². The average Bonchev–Trinajstić information content (AvgIpc) is 2.81. The predicted molar refractivity (Wildman–Crippen MR) is 98.2 cm³/mol. The standard InChI is InChI=1S/C18H22N4O2.CH4/c1-11(18(2,3)24)16(23)21-17-20-14-8-7-12(10-19)9-15(14)22(17)13-5-4-6-13;/h7-9,11,13,24H,4-6H2,1-3H3,(H,20,21,23);1H4/t11-;/m1./s1. The maximum absolute atomic E-state index is 12.5. The van der Waals surface area contributed by atoms with Gasteiger partial charge < -0.3 is 9.67 Å². The molecule has 6 nitrogen and oxygen atoms in total. The first-order valence-corrected chi connectivity index (χ1v) is 8.26. The van der Waals surface area contributed by atoms with E-state index in [-0.39, 0.29) is 19.4 Å². The van der Waals surface area contributed by atoms with E-state index >= 15 is 0 Å². The molecule has 0 radical (unpaired) electrons. The van der Waals surface area contributed by atoms with Gasteiger partial charge in [0.05, 0.1) is 34.2 Å². The first kappa shape index (κ1) is 18.9. The Labute approximate surface area is 148 Å². The molecule has 0 bridgehead atoms. The van der Waals surface area contributed by atoms with Gasteiger partial charge in [-0.05, 0) is 51.3 Å². The lowest BCUT2D eigenvalue weighted by molar-refractivity contribution is -0.126. The van der Waals surface area contributed by atoms with E-state index in [9.17, 15) is 9.90 Å². The summed E-state index contributed by atoms with van der Waals surface area (Å²) >= 11 is 0. The van der Waals surface area contributed by atoms with Crippen LogP contribution in [0.5, 0.6) is 0 Å². The molecule has 0 aliphatic heterocycles. The SMILES string of the molecule is C.C[C@H](C(=O)Nc1nc2ccc(C#N)cc2n1C1CCC1)C(C)(C)O. The third-order valence-electron chi connectivity index (χ3n) is 4.95. The molecule has 1 aromatic carbocycles. The molecule has 1 fully saturated rings. The molecule has 1 saturated carbocycles. The summed E-state index contributed by atoms with van der Waals surface area (Å²) in [6.07, 6.45) is 3.22. The minimum absolute atomic E-state index is 0. The molecule has 1 heterocycles. The Hall–Kier alpha value is -2.39. The van der Waals surface area contributed by atoms with Gasteiger partial charge in [0.15, 0.2) is 0 Å². The number of anilines is 1. The number of aliphatic hydroxyl groups is 1. The summed E-state index contributed by atoms with van der Waals surface area (Å²) in [5.74, 6) is -0.341. The highest BCUT2D eigenvalue weighted by Gasteiger charge is 2.31. The lowest BCUT2D eigenvalue weighted by atomic mass is 9.92. The van der Waals surface area contributed by atoms with Crippen molar-refractivity contribution in [3.05, 3.63) is 23.8 Å². The van der Waals surface area contributed by atoms with Crippen LogP contribution in [0.4, 0.5) is 5.95 Å². The molecule has 1 aromatic heterocycles. The minimum Gasteiger partial charge on any atom is -0.390 e. The normalized spacial score (nSPS) is 15.8. The zero-order valence-corrected chi connectivity index (χ0v) is 14.2. The number of aromatic nitrogens is 2. The Morgan fingerprint density at radius 1 is 1.48 bits per heavy atom. The zero-order valence-electron chi connectivity index (χ0n) is 14.2. The van der Waals surface area contributed by atoms with E-state index in [4.69, 9.17) is 5.26 Å².